The van der Waals surface area contributed by atoms with Gasteiger partial charge in [-0.1, -0.05) is 19.4 Å². The first-order valence-corrected chi connectivity index (χ1v) is 10.9. The van der Waals surface area contributed by atoms with Gasteiger partial charge in [-0.05, 0) is 50.4 Å². The normalized spacial score (nSPS) is 17.8. The molecule has 1 heterocycles. The highest BCUT2D eigenvalue weighted by Crippen LogP contribution is 2.28. The van der Waals surface area contributed by atoms with E-state index in [1.54, 1.807) is 7.11 Å². The molecule has 0 bridgehead atoms. The van der Waals surface area contributed by atoms with E-state index in [1.165, 1.54) is 32.2 Å². The average molecular weight is 407 g/mol. The van der Waals surface area contributed by atoms with Crippen molar-refractivity contribution in [3.8, 4) is 11.5 Å². The third kappa shape index (κ3) is 7.74. The summed E-state index contributed by atoms with van der Waals surface area (Å²) in [5.41, 5.74) is 1.04. The Balaban J connectivity index is 1.90. The molecule has 7 nitrogen and oxygen atoms in total. The molecule has 1 aromatic carbocycles. The maximum absolute atomic E-state index is 8.92. The number of aliphatic hydroxyl groups excluding tert-OH is 1. The molecule has 3 N–H and O–H groups in total. The Morgan fingerprint density at radius 1 is 1.24 bits per heavy atom. The van der Waals surface area contributed by atoms with Crippen LogP contribution in [-0.2, 0) is 6.54 Å². The lowest BCUT2D eigenvalue weighted by Gasteiger charge is -2.35. The Kier molecular flexibility index (Phi) is 10.7. The van der Waals surface area contributed by atoms with Crippen molar-refractivity contribution < 1.29 is 14.6 Å². The number of ether oxygens (including phenoxy) is 2. The van der Waals surface area contributed by atoms with Gasteiger partial charge in [-0.3, -0.25) is 4.90 Å². The van der Waals surface area contributed by atoms with Gasteiger partial charge in [0.15, 0.2) is 17.5 Å². The Bertz CT molecular complexity index is 624. The van der Waals surface area contributed by atoms with E-state index < -0.39 is 0 Å². The summed E-state index contributed by atoms with van der Waals surface area (Å²) in [4.78, 5) is 7.32. The van der Waals surface area contributed by atoms with Crippen molar-refractivity contribution in [1.82, 2.24) is 15.5 Å². The molecule has 0 spiro atoms. The van der Waals surface area contributed by atoms with Crippen LogP contribution >= 0.6 is 0 Å². The Hall–Kier alpha value is -1.99. The topological polar surface area (TPSA) is 78.4 Å². The minimum absolute atomic E-state index is 0.0245. The molecule has 2 rings (SSSR count). The van der Waals surface area contributed by atoms with Crippen LogP contribution in [0.25, 0.3) is 0 Å². The van der Waals surface area contributed by atoms with Crippen molar-refractivity contribution in [3.63, 3.8) is 0 Å². The molecular weight excluding hydrogens is 368 g/mol. The van der Waals surface area contributed by atoms with Crippen molar-refractivity contribution in [2.45, 2.75) is 52.1 Å². The third-order valence-corrected chi connectivity index (χ3v) is 5.25. The number of hydrogen-bond acceptors (Lipinski definition) is 5. The third-order valence-electron chi connectivity index (χ3n) is 5.25. The molecule has 0 radical (unpaired) electrons. The summed E-state index contributed by atoms with van der Waals surface area (Å²) in [5, 5.41) is 15.7. The number of piperidine rings is 1. The summed E-state index contributed by atoms with van der Waals surface area (Å²) in [5.74, 6) is 2.11. The monoisotopic (exact) mass is 406 g/mol. The summed E-state index contributed by atoms with van der Waals surface area (Å²) < 4.78 is 10.9. The van der Waals surface area contributed by atoms with E-state index in [1.807, 2.05) is 18.2 Å². The number of benzene rings is 1. The standard InChI is InChI=1S/C22H38N4O3/c1-4-19-8-6-7-12-26(19)13-11-24-22(23-5-2)25-17-18-9-10-20(29-15-14-27)21(16-18)28-3/h9-10,16,19,27H,4-8,11-15,17H2,1-3H3,(H2,23,24,25). The van der Waals surface area contributed by atoms with E-state index in [9.17, 15) is 0 Å². The predicted octanol–water partition coefficient (Wildman–Crippen LogP) is 2.39. The van der Waals surface area contributed by atoms with Gasteiger partial charge in [-0.25, -0.2) is 4.99 Å². The second kappa shape index (κ2) is 13.3. The second-order valence-corrected chi connectivity index (χ2v) is 7.27. The minimum Gasteiger partial charge on any atom is -0.493 e. The molecule has 0 saturated carbocycles. The van der Waals surface area contributed by atoms with Gasteiger partial charge in [0.1, 0.15) is 6.61 Å². The number of nitrogens with zero attached hydrogens (tertiary/aromatic N) is 2. The highest BCUT2D eigenvalue weighted by Gasteiger charge is 2.19. The molecule has 0 amide bonds. The lowest BCUT2D eigenvalue weighted by atomic mass is 10.0. The van der Waals surface area contributed by atoms with E-state index in [2.05, 4.69) is 29.4 Å². The van der Waals surface area contributed by atoms with Crippen molar-refractivity contribution >= 4 is 5.96 Å². The lowest BCUT2D eigenvalue weighted by molar-refractivity contribution is 0.147. The zero-order chi connectivity index (χ0) is 20.9. The number of likely N-dealkylation sites (tertiary alicyclic amines) is 1. The van der Waals surface area contributed by atoms with Crippen LogP contribution in [0.2, 0.25) is 0 Å². The molecule has 1 aliphatic heterocycles. The summed E-state index contributed by atoms with van der Waals surface area (Å²) >= 11 is 0. The maximum Gasteiger partial charge on any atom is 0.191 e. The summed E-state index contributed by atoms with van der Waals surface area (Å²) in [7, 11) is 1.62. The first kappa shape index (κ1) is 23.3. The molecule has 1 aromatic rings. The molecule has 164 valence electrons. The zero-order valence-corrected chi connectivity index (χ0v) is 18.2. The largest absolute Gasteiger partial charge is 0.493 e. The fourth-order valence-electron chi connectivity index (χ4n) is 3.73. The lowest BCUT2D eigenvalue weighted by Crippen LogP contribution is -2.45. The first-order valence-electron chi connectivity index (χ1n) is 10.9. The number of aliphatic imine (C=N–C) groups is 1. The number of hydrogen-bond donors (Lipinski definition) is 3. The van der Waals surface area contributed by atoms with Crippen LogP contribution in [0.5, 0.6) is 11.5 Å². The Morgan fingerprint density at radius 2 is 2.10 bits per heavy atom. The number of nitrogens with one attached hydrogen (secondary N) is 2. The van der Waals surface area contributed by atoms with E-state index >= 15 is 0 Å². The highest BCUT2D eigenvalue weighted by molar-refractivity contribution is 5.79. The van der Waals surface area contributed by atoms with Gasteiger partial charge in [0, 0.05) is 25.7 Å². The van der Waals surface area contributed by atoms with Crippen molar-refractivity contribution in [1.29, 1.82) is 0 Å². The van der Waals surface area contributed by atoms with E-state index in [0.29, 0.717) is 18.0 Å². The summed E-state index contributed by atoms with van der Waals surface area (Å²) in [6.45, 7) is 9.10. The molecule has 1 aliphatic rings. The molecule has 1 fully saturated rings. The molecule has 0 aromatic heterocycles. The van der Waals surface area contributed by atoms with Gasteiger partial charge in [-0.2, -0.15) is 0 Å². The fraction of sp³-hybridized carbons (Fsp3) is 0.682. The van der Waals surface area contributed by atoms with Crippen molar-refractivity contribution in [2.24, 2.45) is 4.99 Å². The summed E-state index contributed by atoms with van der Waals surface area (Å²) in [6.07, 6.45) is 5.23. The molecule has 1 unspecified atom stereocenters. The average Bonchev–Trinajstić information content (AvgIpc) is 2.76. The zero-order valence-electron chi connectivity index (χ0n) is 18.2. The van der Waals surface area contributed by atoms with Crippen LogP contribution in [0.4, 0.5) is 0 Å². The highest BCUT2D eigenvalue weighted by atomic mass is 16.5. The molecule has 1 atom stereocenters. The van der Waals surface area contributed by atoms with Crippen LogP contribution in [-0.4, -0.2) is 68.5 Å². The Morgan fingerprint density at radius 3 is 2.83 bits per heavy atom. The van der Waals surface area contributed by atoms with Crippen molar-refractivity contribution in [3.05, 3.63) is 23.8 Å². The van der Waals surface area contributed by atoms with E-state index in [0.717, 1.165) is 37.2 Å². The van der Waals surface area contributed by atoms with E-state index in [4.69, 9.17) is 19.6 Å². The SMILES string of the molecule is CCNC(=NCc1ccc(OCCO)c(OC)c1)NCCN1CCCCC1CC. The predicted molar refractivity (Wildman–Crippen MR) is 118 cm³/mol. The van der Waals surface area contributed by atoms with Gasteiger partial charge < -0.3 is 25.2 Å². The van der Waals surface area contributed by atoms with Gasteiger partial charge in [-0.15, -0.1) is 0 Å². The molecular formula is C22H38N4O3. The van der Waals surface area contributed by atoms with Crippen LogP contribution < -0.4 is 20.1 Å². The molecule has 0 aliphatic carbocycles. The van der Waals surface area contributed by atoms with Gasteiger partial charge in [0.25, 0.3) is 0 Å². The quantitative estimate of drug-likeness (QED) is 0.387. The van der Waals surface area contributed by atoms with Gasteiger partial charge >= 0.3 is 0 Å². The second-order valence-electron chi connectivity index (χ2n) is 7.27. The number of aliphatic hydroxyl groups is 1. The van der Waals surface area contributed by atoms with Crippen LogP contribution in [0.1, 0.15) is 45.1 Å². The smallest absolute Gasteiger partial charge is 0.191 e. The molecule has 1 saturated heterocycles. The summed E-state index contributed by atoms with van der Waals surface area (Å²) in [6, 6.07) is 6.49. The first-order chi connectivity index (χ1) is 14.2. The number of guanidine groups is 1. The fourth-order valence-corrected chi connectivity index (χ4v) is 3.73. The van der Waals surface area contributed by atoms with Crippen LogP contribution in [0.15, 0.2) is 23.2 Å². The minimum atomic E-state index is -0.0245. The molecule has 7 heteroatoms. The molecule has 29 heavy (non-hydrogen) atoms. The van der Waals surface area contributed by atoms with Crippen LogP contribution in [0.3, 0.4) is 0 Å². The van der Waals surface area contributed by atoms with Gasteiger partial charge in [0.05, 0.1) is 20.3 Å². The van der Waals surface area contributed by atoms with Crippen LogP contribution in [0, 0.1) is 0 Å². The van der Waals surface area contributed by atoms with E-state index in [-0.39, 0.29) is 13.2 Å². The van der Waals surface area contributed by atoms with Crippen molar-refractivity contribution in [2.75, 3.05) is 46.5 Å². The Labute approximate surface area is 175 Å². The maximum atomic E-state index is 8.92. The van der Waals surface area contributed by atoms with Gasteiger partial charge in [0.2, 0.25) is 0 Å². The number of methoxy groups -OCH3 is 1. The number of rotatable bonds is 11.